The van der Waals surface area contributed by atoms with Gasteiger partial charge in [-0.2, -0.15) is 0 Å². The van der Waals surface area contributed by atoms with Crippen LogP contribution in [-0.2, 0) is 6.42 Å². The van der Waals surface area contributed by atoms with Gasteiger partial charge >= 0.3 is 0 Å². The van der Waals surface area contributed by atoms with E-state index in [1.165, 1.54) is 5.56 Å². The van der Waals surface area contributed by atoms with Gasteiger partial charge in [0.15, 0.2) is 0 Å². The molecule has 1 heterocycles. The number of fused-ring (bicyclic) bond motifs is 1. The van der Waals surface area contributed by atoms with E-state index in [1.807, 2.05) is 6.92 Å². The van der Waals surface area contributed by atoms with Gasteiger partial charge in [-0.3, -0.25) is 0 Å². The van der Waals surface area contributed by atoms with Gasteiger partial charge in [-0.15, -0.1) is 0 Å². The van der Waals surface area contributed by atoms with Gasteiger partial charge in [-0.1, -0.05) is 19.0 Å². The van der Waals surface area contributed by atoms with Crippen molar-refractivity contribution in [3.05, 3.63) is 17.0 Å². The molecule has 0 spiro atoms. The summed E-state index contributed by atoms with van der Waals surface area (Å²) in [6, 6.07) is 0. The predicted octanol–water partition coefficient (Wildman–Crippen LogP) is 2.42. The molecule has 0 aromatic carbocycles. The van der Waals surface area contributed by atoms with Gasteiger partial charge in [0.2, 0.25) is 0 Å². The van der Waals surface area contributed by atoms with Crippen molar-refractivity contribution < 1.29 is 9.63 Å². The van der Waals surface area contributed by atoms with Crippen LogP contribution in [-0.4, -0.2) is 16.9 Å². The molecule has 3 nitrogen and oxygen atoms in total. The van der Waals surface area contributed by atoms with E-state index in [9.17, 15) is 5.11 Å². The second-order valence-electron chi connectivity index (χ2n) is 5.19. The van der Waals surface area contributed by atoms with Gasteiger partial charge in [0.25, 0.3) is 0 Å². The van der Waals surface area contributed by atoms with E-state index >= 15 is 0 Å². The highest BCUT2D eigenvalue weighted by Crippen LogP contribution is 2.44. The largest absolute Gasteiger partial charge is 0.396 e. The summed E-state index contributed by atoms with van der Waals surface area (Å²) < 4.78 is 5.40. The van der Waals surface area contributed by atoms with Crippen LogP contribution < -0.4 is 0 Å². The van der Waals surface area contributed by atoms with Crippen LogP contribution in [0.15, 0.2) is 4.52 Å². The molecule has 1 aromatic heterocycles. The molecule has 0 amide bonds. The molecule has 1 aliphatic rings. The normalized spacial score (nSPS) is 24.7. The van der Waals surface area contributed by atoms with Crippen LogP contribution in [0.5, 0.6) is 0 Å². The standard InChI is InChI=1S/C12H19NO2/c1-8-9-5-4-6-12(2,3)10(7-14)11(9)15-13-8/h10,14H,4-7H2,1-3H3. The number of hydrogen-bond acceptors (Lipinski definition) is 3. The number of aryl methyl sites for hydroxylation is 1. The van der Waals surface area contributed by atoms with Gasteiger partial charge in [0.1, 0.15) is 5.76 Å². The Bertz CT molecular complexity index is 355. The Morgan fingerprint density at radius 1 is 1.53 bits per heavy atom. The van der Waals surface area contributed by atoms with E-state index in [4.69, 9.17) is 4.52 Å². The van der Waals surface area contributed by atoms with Gasteiger partial charge in [0.05, 0.1) is 12.3 Å². The van der Waals surface area contributed by atoms with Crippen LogP contribution in [0.1, 0.15) is 49.6 Å². The lowest BCUT2D eigenvalue weighted by Crippen LogP contribution is -2.24. The average molecular weight is 209 g/mol. The molecule has 0 fully saturated rings. The summed E-state index contributed by atoms with van der Waals surface area (Å²) in [5, 5.41) is 13.5. The van der Waals surface area contributed by atoms with Crippen molar-refractivity contribution in [2.45, 2.75) is 46.0 Å². The maximum Gasteiger partial charge on any atom is 0.146 e. The van der Waals surface area contributed by atoms with Crippen molar-refractivity contribution in [2.24, 2.45) is 5.41 Å². The summed E-state index contributed by atoms with van der Waals surface area (Å²) in [6.45, 7) is 6.52. The van der Waals surface area contributed by atoms with E-state index in [0.29, 0.717) is 0 Å². The van der Waals surface area contributed by atoms with Crippen molar-refractivity contribution >= 4 is 0 Å². The predicted molar refractivity (Wildman–Crippen MR) is 57.8 cm³/mol. The Morgan fingerprint density at radius 2 is 2.27 bits per heavy atom. The maximum absolute atomic E-state index is 9.52. The van der Waals surface area contributed by atoms with Crippen molar-refractivity contribution in [3.63, 3.8) is 0 Å². The fourth-order valence-corrected chi connectivity index (χ4v) is 2.56. The Hall–Kier alpha value is -0.830. The Balaban J connectivity index is 2.47. The summed E-state index contributed by atoms with van der Waals surface area (Å²) in [5.74, 6) is 1.01. The second-order valence-corrected chi connectivity index (χ2v) is 5.19. The van der Waals surface area contributed by atoms with Crippen molar-refractivity contribution in [2.75, 3.05) is 6.61 Å². The highest BCUT2D eigenvalue weighted by atomic mass is 16.5. The van der Waals surface area contributed by atoms with Gasteiger partial charge < -0.3 is 9.63 Å². The smallest absolute Gasteiger partial charge is 0.146 e. The van der Waals surface area contributed by atoms with Crippen LogP contribution in [0.25, 0.3) is 0 Å². The zero-order chi connectivity index (χ0) is 11.1. The fraction of sp³-hybridized carbons (Fsp3) is 0.750. The lowest BCUT2D eigenvalue weighted by molar-refractivity contribution is 0.142. The van der Waals surface area contributed by atoms with E-state index < -0.39 is 0 Å². The summed E-state index contributed by atoms with van der Waals surface area (Å²) in [4.78, 5) is 0. The summed E-state index contributed by atoms with van der Waals surface area (Å²) in [5.41, 5.74) is 2.31. The van der Waals surface area contributed by atoms with Gasteiger partial charge in [-0.05, 0) is 31.6 Å². The van der Waals surface area contributed by atoms with E-state index in [-0.39, 0.29) is 17.9 Å². The third-order valence-electron chi connectivity index (χ3n) is 3.71. The monoisotopic (exact) mass is 209 g/mol. The molecule has 15 heavy (non-hydrogen) atoms. The number of aliphatic hydroxyl groups excluding tert-OH is 1. The molecule has 1 unspecified atom stereocenters. The van der Waals surface area contributed by atoms with E-state index in [0.717, 1.165) is 30.7 Å². The number of nitrogens with zero attached hydrogens (tertiary/aromatic N) is 1. The molecular weight excluding hydrogens is 190 g/mol. The van der Waals surface area contributed by atoms with Crippen molar-refractivity contribution in [1.29, 1.82) is 0 Å². The molecule has 2 rings (SSSR count). The molecule has 84 valence electrons. The fourth-order valence-electron chi connectivity index (χ4n) is 2.56. The highest BCUT2D eigenvalue weighted by molar-refractivity contribution is 5.28. The highest BCUT2D eigenvalue weighted by Gasteiger charge is 2.37. The minimum Gasteiger partial charge on any atom is -0.396 e. The minimum atomic E-state index is 0.0937. The molecule has 1 atom stereocenters. The molecular formula is C12H19NO2. The topological polar surface area (TPSA) is 46.3 Å². The second kappa shape index (κ2) is 3.63. The first-order valence-electron chi connectivity index (χ1n) is 5.62. The molecule has 1 aromatic rings. The Kier molecular flexibility index (Phi) is 2.59. The van der Waals surface area contributed by atoms with Crippen molar-refractivity contribution in [3.8, 4) is 0 Å². The SMILES string of the molecule is Cc1noc2c1CCCC(C)(C)C2CO. The number of aromatic nitrogens is 1. The molecule has 0 bridgehead atoms. The van der Waals surface area contributed by atoms with Crippen LogP contribution in [0, 0.1) is 12.3 Å². The van der Waals surface area contributed by atoms with Crippen LogP contribution in [0.2, 0.25) is 0 Å². The molecule has 0 saturated carbocycles. The third-order valence-corrected chi connectivity index (χ3v) is 3.71. The van der Waals surface area contributed by atoms with Crippen LogP contribution in [0.3, 0.4) is 0 Å². The maximum atomic E-state index is 9.52. The summed E-state index contributed by atoms with van der Waals surface area (Å²) >= 11 is 0. The zero-order valence-corrected chi connectivity index (χ0v) is 9.71. The first-order chi connectivity index (χ1) is 7.06. The lowest BCUT2D eigenvalue weighted by atomic mass is 9.76. The van der Waals surface area contributed by atoms with E-state index in [2.05, 4.69) is 19.0 Å². The van der Waals surface area contributed by atoms with Crippen molar-refractivity contribution in [1.82, 2.24) is 5.16 Å². The van der Waals surface area contributed by atoms with Gasteiger partial charge in [0, 0.05) is 11.5 Å². The summed E-state index contributed by atoms with van der Waals surface area (Å²) in [6.07, 6.45) is 3.31. The van der Waals surface area contributed by atoms with Crippen LogP contribution in [0.4, 0.5) is 0 Å². The van der Waals surface area contributed by atoms with E-state index in [1.54, 1.807) is 0 Å². The Morgan fingerprint density at radius 3 is 2.93 bits per heavy atom. The van der Waals surface area contributed by atoms with Crippen LogP contribution >= 0.6 is 0 Å². The molecule has 0 saturated heterocycles. The molecule has 0 radical (unpaired) electrons. The lowest BCUT2D eigenvalue weighted by Gasteiger charge is -2.29. The number of rotatable bonds is 1. The molecule has 1 aliphatic carbocycles. The first kappa shape index (κ1) is 10.7. The summed E-state index contributed by atoms with van der Waals surface area (Å²) in [7, 11) is 0. The number of aliphatic hydroxyl groups is 1. The average Bonchev–Trinajstić information content (AvgIpc) is 2.46. The Labute approximate surface area is 90.5 Å². The van der Waals surface area contributed by atoms with Gasteiger partial charge in [-0.25, -0.2) is 0 Å². The molecule has 3 heteroatoms. The third kappa shape index (κ3) is 1.69. The quantitative estimate of drug-likeness (QED) is 0.722. The first-order valence-corrected chi connectivity index (χ1v) is 5.62. The number of hydrogen-bond donors (Lipinski definition) is 1. The minimum absolute atomic E-state index is 0.0937. The molecule has 0 aliphatic heterocycles. The zero-order valence-electron chi connectivity index (χ0n) is 9.71. The molecule has 1 N–H and O–H groups in total.